The molecule has 2 nitrogen and oxygen atoms in total. The van der Waals surface area contributed by atoms with Crippen molar-refractivity contribution in [3.05, 3.63) is 107 Å². The first-order chi connectivity index (χ1) is 14.8. The van der Waals surface area contributed by atoms with Crippen molar-refractivity contribution in [2.45, 2.75) is 32.6 Å². The zero-order valence-electron chi connectivity index (χ0n) is 18.1. The Morgan fingerprint density at radius 3 is 2.48 bits per heavy atom. The van der Waals surface area contributed by atoms with Gasteiger partial charge in [-0.1, -0.05) is 0 Å². The Morgan fingerprint density at radius 2 is 1.74 bits per heavy atom. The van der Waals surface area contributed by atoms with E-state index in [1.807, 2.05) is 12.1 Å². The maximum absolute atomic E-state index is 10.8. The number of benzene rings is 3. The molecule has 0 fully saturated rings. The molecule has 0 heterocycles. The number of hydrogen-bond donors (Lipinski definition) is 1. The van der Waals surface area contributed by atoms with E-state index in [0.29, 0.717) is 0 Å². The second kappa shape index (κ2) is 8.70. The van der Waals surface area contributed by atoms with Crippen molar-refractivity contribution in [3.8, 4) is 0 Å². The molecule has 0 bridgehead atoms. The first-order valence-corrected chi connectivity index (χ1v) is 12.1. The van der Waals surface area contributed by atoms with Crippen LogP contribution in [0.15, 0.2) is 78.9 Å². The van der Waals surface area contributed by atoms with Crippen LogP contribution in [0.1, 0.15) is 48.1 Å². The normalized spacial score (nSPS) is 14.9. The number of allylic oxidation sites excluding steroid dienone is 1. The monoisotopic (exact) mass is 474 g/mol. The summed E-state index contributed by atoms with van der Waals surface area (Å²) in [6, 6.07) is 23.9. The first-order valence-electron chi connectivity index (χ1n) is 10.4. The third-order valence-electron chi connectivity index (χ3n) is 5.70. The van der Waals surface area contributed by atoms with E-state index < -0.39 is 5.97 Å². The molecule has 0 aromatic heterocycles. The van der Waals surface area contributed by atoms with Crippen LogP contribution < -0.4 is 8.92 Å². The summed E-state index contributed by atoms with van der Waals surface area (Å²) >= 11 is 0.156. The molecule has 0 aliphatic heterocycles. The van der Waals surface area contributed by atoms with Gasteiger partial charge in [-0.25, -0.2) is 0 Å². The Bertz CT molecular complexity index is 1180. The molecule has 0 atom stereocenters. The van der Waals surface area contributed by atoms with Crippen LogP contribution in [0.5, 0.6) is 0 Å². The molecule has 1 N–H and O–H groups in total. The SMILES string of the molecule is Cc1ccc(C2=CCC(C)(C)c3cc([Se]c4cccc(/C=C/C(=O)O)c4)ccc32)cc1. The van der Waals surface area contributed by atoms with E-state index in [2.05, 4.69) is 81.4 Å². The van der Waals surface area contributed by atoms with Crippen molar-refractivity contribution in [2.75, 3.05) is 0 Å². The summed E-state index contributed by atoms with van der Waals surface area (Å²) in [4.78, 5) is 10.8. The molecular weight excluding hydrogens is 447 g/mol. The Hall–Kier alpha value is -2.87. The zero-order valence-corrected chi connectivity index (χ0v) is 19.8. The van der Waals surface area contributed by atoms with Crippen molar-refractivity contribution >= 4 is 41.5 Å². The summed E-state index contributed by atoms with van der Waals surface area (Å²) in [5.41, 5.74) is 7.64. The molecule has 3 heteroatoms. The van der Waals surface area contributed by atoms with Crippen molar-refractivity contribution in [1.82, 2.24) is 0 Å². The van der Waals surface area contributed by atoms with Crippen LogP contribution in [0.25, 0.3) is 11.6 Å². The number of carbonyl (C=O) groups is 1. The molecule has 0 radical (unpaired) electrons. The van der Waals surface area contributed by atoms with E-state index >= 15 is 0 Å². The average Bonchev–Trinajstić information content (AvgIpc) is 2.74. The fourth-order valence-electron chi connectivity index (χ4n) is 3.95. The van der Waals surface area contributed by atoms with E-state index in [9.17, 15) is 4.79 Å². The van der Waals surface area contributed by atoms with Gasteiger partial charge in [-0.15, -0.1) is 0 Å². The number of fused-ring (bicyclic) bond motifs is 1. The molecule has 0 spiro atoms. The van der Waals surface area contributed by atoms with Gasteiger partial charge in [-0.3, -0.25) is 0 Å². The van der Waals surface area contributed by atoms with Gasteiger partial charge in [0.1, 0.15) is 0 Å². The summed E-state index contributed by atoms with van der Waals surface area (Å²) in [6.07, 6.45) is 6.24. The van der Waals surface area contributed by atoms with Gasteiger partial charge in [0.25, 0.3) is 0 Å². The zero-order chi connectivity index (χ0) is 22.0. The van der Waals surface area contributed by atoms with Gasteiger partial charge >= 0.3 is 191 Å². The fourth-order valence-corrected chi connectivity index (χ4v) is 5.89. The van der Waals surface area contributed by atoms with E-state index in [1.54, 1.807) is 6.08 Å². The van der Waals surface area contributed by atoms with Crippen molar-refractivity contribution in [3.63, 3.8) is 0 Å². The summed E-state index contributed by atoms with van der Waals surface area (Å²) in [7, 11) is 0. The van der Waals surface area contributed by atoms with Crippen LogP contribution in [0.2, 0.25) is 0 Å². The summed E-state index contributed by atoms with van der Waals surface area (Å²) in [5, 5.41) is 8.87. The Kier molecular flexibility index (Phi) is 6.00. The molecule has 0 amide bonds. The Morgan fingerprint density at radius 1 is 1.00 bits per heavy atom. The number of aryl methyl sites for hydroxylation is 1. The van der Waals surface area contributed by atoms with Gasteiger partial charge in [-0.2, -0.15) is 0 Å². The van der Waals surface area contributed by atoms with Crippen LogP contribution in [-0.4, -0.2) is 26.0 Å². The average molecular weight is 473 g/mol. The fraction of sp³-hybridized carbons (Fsp3) is 0.179. The molecule has 4 rings (SSSR count). The second-order valence-electron chi connectivity index (χ2n) is 8.63. The van der Waals surface area contributed by atoms with Gasteiger partial charge in [-0.05, 0) is 0 Å². The van der Waals surface area contributed by atoms with E-state index in [4.69, 9.17) is 5.11 Å². The van der Waals surface area contributed by atoms with Crippen LogP contribution in [-0.2, 0) is 10.2 Å². The predicted molar refractivity (Wildman–Crippen MR) is 130 cm³/mol. The van der Waals surface area contributed by atoms with Crippen molar-refractivity contribution in [2.24, 2.45) is 0 Å². The third-order valence-corrected chi connectivity index (χ3v) is 7.76. The number of carboxylic acids is 1. The molecule has 1 aliphatic carbocycles. The van der Waals surface area contributed by atoms with Crippen LogP contribution in [0.3, 0.4) is 0 Å². The third kappa shape index (κ3) is 4.90. The number of hydrogen-bond acceptors (Lipinski definition) is 1. The van der Waals surface area contributed by atoms with E-state index in [0.717, 1.165) is 12.0 Å². The maximum atomic E-state index is 10.8. The minimum absolute atomic E-state index is 0.0989. The Balaban J connectivity index is 1.66. The minimum atomic E-state index is -0.926. The number of rotatable bonds is 5. The summed E-state index contributed by atoms with van der Waals surface area (Å²) in [5.74, 6) is -0.926. The molecule has 31 heavy (non-hydrogen) atoms. The molecular formula is C28H26O2Se. The standard InChI is InChI=1S/C28H26O2Se/c1-19-7-10-21(11-8-19)24-15-16-28(2,3)26-18-23(12-13-25(24)26)31-22-6-4-5-20(17-22)9-14-27(29)30/h4-15,17-18H,16H2,1-3H3,(H,29,30)/b14-9+. The Labute approximate surface area is 190 Å². The molecule has 0 saturated heterocycles. The van der Waals surface area contributed by atoms with Crippen molar-refractivity contribution < 1.29 is 9.90 Å². The molecule has 3 aromatic carbocycles. The van der Waals surface area contributed by atoms with Gasteiger partial charge < -0.3 is 0 Å². The second-order valence-corrected chi connectivity index (χ2v) is 11.0. The topological polar surface area (TPSA) is 37.3 Å². The van der Waals surface area contributed by atoms with Gasteiger partial charge in [0.05, 0.1) is 0 Å². The quantitative estimate of drug-likeness (QED) is 0.425. The molecule has 1 aliphatic rings. The first kappa shape index (κ1) is 21.4. The van der Waals surface area contributed by atoms with Gasteiger partial charge in [0, 0.05) is 0 Å². The van der Waals surface area contributed by atoms with Gasteiger partial charge in [0.2, 0.25) is 0 Å². The summed E-state index contributed by atoms with van der Waals surface area (Å²) < 4.78 is 2.58. The van der Waals surface area contributed by atoms with Crippen molar-refractivity contribution in [1.29, 1.82) is 0 Å². The van der Waals surface area contributed by atoms with Crippen LogP contribution in [0, 0.1) is 6.92 Å². The van der Waals surface area contributed by atoms with E-state index in [1.165, 1.54) is 42.8 Å². The van der Waals surface area contributed by atoms with E-state index in [-0.39, 0.29) is 20.4 Å². The number of carboxylic acid groups (broad SMARTS) is 1. The summed E-state index contributed by atoms with van der Waals surface area (Å²) in [6.45, 7) is 6.77. The number of aliphatic carboxylic acids is 1. The van der Waals surface area contributed by atoms with Crippen LogP contribution >= 0.6 is 0 Å². The predicted octanol–water partition coefficient (Wildman–Crippen LogP) is 4.86. The van der Waals surface area contributed by atoms with Gasteiger partial charge in [0.15, 0.2) is 0 Å². The molecule has 0 unspecified atom stereocenters. The van der Waals surface area contributed by atoms with Crippen LogP contribution in [0.4, 0.5) is 0 Å². The molecule has 156 valence electrons. The molecule has 3 aromatic rings. The molecule has 0 saturated carbocycles.